The van der Waals surface area contributed by atoms with Crippen LogP contribution in [0.1, 0.15) is 12.0 Å². The normalized spacial score (nSPS) is 10.3. The van der Waals surface area contributed by atoms with Gasteiger partial charge in [-0.25, -0.2) is 4.39 Å². The van der Waals surface area contributed by atoms with Crippen molar-refractivity contribution in [2.24, 2.45) is 5.73 Å². The maximum absolute atomic E-state index is 13.0. The predicted octanol–water partition coefficient (Wildman–Crippen LogP) is 3.13. The molecule has 2 aromatic carbocycles. The molecule has 0 saturated heterocycles. The summed E-state index contributed by atoms with van der Waals surface area (Å²) in [7, 11) is 0. The first-order valence-corrected chi connectivity index (χ1v) is 6.58. The van der Waals surface area contributed by atoms with Crippen molar-refractivity contribution in [1.29, 1.82) is 0 Å². The Balaban J connectivity index is 1.84. The van der Waals surface area contributed by atoms with Crippen LogP contribution in [-0.2, 0) is 6.61 Å². The third-order valence-electron chi connectivity index (χ3n) is 2.74. The van der Waals surface area contributed by atoms with Crippen LogP contribution in [0.5, 0.6) is 11.5 Å². The highest BCUT2D eigenvalue weighted by atomic mass is 19.1. The molecule has 0 spiro atoms. The molecular formula is C16H18FNO2. The SMILES string of the molecule is NCCCOc1ccc(OCc2cccc(F)c2)cc1. The molecule has 0 radical (unpaired) electrons. The van der Waals surface area contributed by atoms with E-state index in [1.54, 1.807) is 6.07 Å². The number of ether oxygens (including phenoxy) is 2. The minimum atomic E-state index is -0.255. The van der Waals surface area contributed by atoms with E-state index in [0.717, 1.165) is 23.5 Å². The standard InChI is InChI=1S/C16H18FNO2/c17-14-4-1-3-13(11-14)12-20-16-7-5-15(6-8-16)19-10-2-9-18/h1,3-8,11H,2,9-10,12,18H2. The van der Waals surface area contributed by atoms with Gasteiger partial charge in [0.05, 0.1) is 6.61 Å². The molecule has 0 saturated carbocycles. The molecule has 0 heterocycles. The van der Waals surface area contributed by atoms with Gasteiger partial charge in [0.2, 0.25) is 0 Å². The molecule has 0 aromatic heterocycles. The Morgan fingerprint density at radius 1 is 0.950 bits per heavy atom. The highest BCUT2D eigenvalue weighted by Gasteiger charge is 1.99. The second-order valence-electron chi connectivity index (χ2n) is 4.38. The number of nitrogens with two attached hydrogens (primary N) is 1. The zero-order chi connectivity index (χ0) is 14.2. The van der Waals surface area contributed by atoms with Crippen LogP contribution in [0.2, 0.25) is 0 Å². The fraction of sp³-hybridized carbons (Fsp3) is 0.250. The van der Waals surface area contributed by atoms with E-state index in [1.165, 1.54) is 12.1 Å². The molecule has 20 heavy (non-hydrogen) atoms. The van der Waals surface area contributed by atoms with Crippen molar-refractivity contribution in [3.05, 3.63) is 59.9 Å². The molecular weight excluding hydrogens is 257 g/mol. The van der Waals surface area contributed by atoms with Crippen molar-refractivity contribution in [1.82, 2.24) is 0 Å². The highest BCUT2D eigenvalue weighted by Crippen LogP contribution is 2.19. The second-order valence-corrected chi connectivity index (χ2v) is 4.38. The molecule has 0 aliphatic carbocycles. The smallest absolute Gasteiger partial charge is 0.123 e. The quantitative estimate of drug-likeness (QED) is 0.790. The maximum atomic E-state index is 13.0. The first-order valence-electron chi connectivity index (χ1n) is 6.58. The molecule has 0 fully saturated rings. The Labute approximate surface area is 118 Å². The summed E-state index contributed by atoms with van der Waals surface area (Å²) in [5.41, 5.74) is 6.19. The van der Waals surface area contributed by atoms with Crippen molar-refractivity contribution in [3.8, 4) is 11.5 Å². The predicted molar refractivity (Wildman–Crippen MR) is 76.3 cm³/mol. The molecule has 0 atom stereocenters. The third-order valence-corrected chi connectivity index (χ3v) is 2.74. The van der Waals surface area contributed by atoms with Crippen LogP contribution in [0.4, 0.5) is 4.39 Å². The minimum absolute atomic E-state index is 0.255. The monoisotopic (exact) mass is 275 g/mol. The van der Waals surface area contributed by atoms with E-state index < -0.39 is 0 Å². The lowest BCUT2D eigenvalue weighted by molar-refractivity contribution is 0.300. The van der Waals surface area contributed by atoms with E-state index in [1.807, 2.05) is 30.3 Å². The summed E-state index contributed by atoms with van der Waals surface area (Å²) in [5.74, 6) is 1.26. The molecule has 0 aliphatic heterocycles. The first-order chi connectivity index (χ1) is 9.78. The van der Waals surface area contributed by atoms with Gasteiger partial charge in [0, 0.05) is 0 Å². The number of halogens is 1. The summed E-state index contributed by atoms with van der Waals surface area (Å²) in [6.45, 7) is 1.57. The lowest BCUT2D eigenvalue weighted by atomic mass is 10.2. The van der Waals surface area contributed by atoms with Gasteiger partial charge < -0.3 is 15.2 Å². The summed E-state index contributed by atoms with van der Waals surface area (Å²) in [6, 6.07) is 13.7. The van der Waals surface area contributed by atoms with Crippen molar-refractivity contribution in [2.75, 3.05) is 13.2 Å². The van der Waals surface area contributed by atoms with Gasteiger partial charge >= 0.3 is 0 Å². The third kappa shape index (κ3) is 4.55. The van der Waals surface area contributed by atoms with Crippen LogP contribution in [-0.4, -0.2) is 13.2 Å². The summed E-state index contributed by atoms with van der Waals surface area (Å²) in [4.78, 5) is 0. The van der Waals surface area contributed by atoms with Crippen LogP contribution >= 0.6 is 0 Å². The van der Waals surface area contributed by atoms with E-state index in [0.29, 0.717) is 19.8 Å². The average molecular weight is 275 g/mol. The van der Waals surface area contributed by atoms with Gasteiger partial charge in [-0.2, -0.15) is 0 Å². The van der Waals surface area contributed by atoms with Gasteiger partial charge in [-0.3, -0.25) is 0 Å². The van der Waals surface area contributed by atoms with Gasteiger partial charge in [0.15, 0.2) is 0 Å². The number of hydrogen-bond donors (Lipinski definition) is 1. The number of hydrogen-bond acceptors (Lipinski definition) is 3. The van der Waals surface area contributed by atoms with Crippen LogP contribution in [0.3, 0.4) is 0 Å². The fourth-order valence-corrected chi connectivity index (χ4v) is 1.70. The van der Waals surface area contributed by atoms with Crippen molar-refractivity contribution >= 4 is 0 Å². The molecule has 4 heteroatoms. The zero-order valence-corrected chi connectivity index (χ0v) is 11.2. The molecule has 2 rings (SSSR count). The molecule has 0 aliphatic rings. The van der Waals surface area contributed by atoms with Crippen molar-refractivity contribution < 1.29 is 13.9 Å². The molecule has 2 N–H and O–H groups in total. The Kier molecular flexibility index (Phi) is 5.38. The Bertz CT molecular complexity index is 528. The van der Waals surface area contributed by atoms with E-state index in [-0.39, 0.29) is 5.82 Å². The zero-order valence-electron chi connectivity index (χ0n) is 11.2. The van der Waals surface area contributed by atoms with Crippen LogP contribution < -0.4 is 15.2 Å². The van der Waals surface area contributed by atoms with Crippen LogP contribution in [0.25, 0.3) is 0 Å². The average Bonchev–Trinajstić information content (AvgIpc) is 2.47. The summed E-state index contributed by atoms with van der Waals surface area (Å²) < 4.78 is 24.1. The Morgan fingerprint density at radius 3 is 2.30 bits per heavy atom. The molecule has 0 amide bonds. The van der Waals surface area contributed by atoms with Crippen molar-refractivity contribution in [2.45, 2.75) is 13.0 Å². The molecule has 106 valence electrons. The highest BCUT2D eigenvalue weighted by molar-refractivity contribution is 5.31. The molecule has 3 nitrogen and oxygen atoms in total. The Hall–Kier alpha value is -2.07. The van der Waals surface area contributed by atoms with Crippen LogP contribution in [0, 0.1) is 5.82 Å². The summed E-state index contributed by atoms with van der Waals surface area (Å²) in [6.07, 6.45) is 0.831. The van der Waals surface area contributed by atoms with Gasteiger partial charge in [-0.15, -0.1) is 0 Å². The first kappa shape index (κ1) is 14.3. The minimum Gasteiger partial charge on any atom is -0.494 e. The maximum Gasteiger partial charge on any atom is 0.123 e. The topological polar surface area (TPSA) is 44.5 Å². The van der Waals surface area contributed by atoms with E-state index in [2.05, 4.69) is 0 Å². The van der Waals surface area contributed by atoms with Crippen molar-refractivity contribution in [3.63, 3.8) is 0 Å². The van der Waals surface area contributed by atoms with Gasteiger partial charge in [0.25, 0.3) is 0 Å². The number of rotatable bonds is 7. The lowest BCUT2D eigenvalue weighted by Crippen LogP contribution is -2.06. The molecule has 2 aromatic rings. The van der Waals surface area contributed by atoms with Gasteiger partial charge in [0.1, 0.15) is 23.9 Å². The van der Waals surface area contributed by atoms with Gasteiger partial charge in [-0.05, 0) is 54.9 Å². The fourth-order valence-electron chi connectivity index (χ4n) is 1.70. The van der Waals surface area contributed by atoms with E-state index in [9.17, 15) is 4.39 Å². The van der Waals surface area contributed by atoms with E-state index in [4.69, 9.17) is 15.2 Å². The summed E-state index contributed by atoms with van der Waals surface area (Å²) in [5, 5.41) is 0. The number of benzene rings is 2. The van der Waals surface area contributed by atoms with E-state index >= 15 is 0 Å². The molecule has 0 unspecified atom stereocenters. The summed E-state index contributed by atoms with van der Waals surface area (Å²) >= 11 is 0. The Morgan fingerprint density at radius 2 is 1.65 bits per heavy atom. The largest absolute Gasteiger partial charge is 0.494 e. The van der Waals surface area contributed by atoms with Gasteiger partial charge in [-0.1, -0.05) is 12.1 Å². The van der Waals surface area contributed by atoms with Crippen LogP contribution in [0.15, 0.2) is 48.5 Å². The second kappa shape index (κ2) is 7.50. The lowest BCUT2D eigenvalue weighted by Gasteiger charge is -2.08. The molecule has 0 bridgehead atoms.